The van der Waals surface area contributed by atoms with Gasteiger partial charge in [0, 0.05) is 16.7 Å². The van der Waals surface area contributed by atoms with Crippen molar-refractivity contribution in [1.82, 2.24) is 10.2 Å². The second-order valence-corrected chi connectivity index (χ2v) is 6.86. The molecular formula is C12H13BrN4OS2. The van der Waals surface area contributed by atoms with E-state index in [4.69, 9.17) is 0 Å². The van der Waals surface area contributed by atoms with Gasteiger partial charge in [-0.2, -0.15) is 0 Å². The summed E-state index contributed by atoms with van der Waals surface area (Å²) in [6, 6.07) is 7.47. The molecule has 0 bridgehead atoms. The van der Waals surface area contributed by atoms with Gasteiger partial charge in [-0.1, -0.05) is 39.0 Å². The van der Waals surface area contributed by atoms with Gasteiger partial charge >= 0.3 is 0 Å². The van der Waals surface area contributed by atoms with Crippen LogP contribution in [0, 0.1) is 0 Å². The molecule has 2 aromatic rings. The Morgan fingerprint density at radius 2 is 2.10 bits per heavy atom. The molecule has 0 aliphatic rings. The molecule has 8 heteroatoms. The smallest absolute Gasteiger partial charge is 0.234 e. The van der Waals surface area contributed by atoms with E-state index in [1.165, 1.54) is 23.1 Å². The first-order chi connectivity index (χ1) is 9.67. The molecule has 1 amide bonds. The monoisotopic (exact) mass is 372 g/mol. The molecule has 0 atom stereocenters. The number of thioether (sulfide) groups is 1. The van der Waals surface area contributed by atoms with Crippen LogP contribution in [0.1, 0.15) is 6.92 Å². The van der Waals surface area contributed by atoms with Crippen LogP contribution in [0.25, 0.3) is 0 Å². The number of rotatable bonds is 6. The van der Waals surface area contributed by atoms with Crippen molar-refractivity contribution in [2.24, 2.45) is 0 Å². The van der Waals surface area contributed by atoms with Gasteiger partial charge in [0.1, 0.15) is 0 Å². The largest absolute Gasteiger partial charge is 0.360 e. The summed E-state index contributed by atoms with van der Waals surface area (Å²) in [6.45, 7) is 2.81. The normalized spacial score (nSPS) is 10.3. The first-order valence-corrected chi connectivity index (χ1v) is 8.52. The number of aromatic nitrogens is 2. The summed E-state index contributed by atoms with van der Waals surface area (Å²) < 4.78 is 1.77. The Bertz CT molecular complexity index is 573. The van der Waals surface area contributed by atoms with Gasteiger partial charge in [-0.25, -0.2) is 0 Å². The molecule has 20 heavy (non-hydrogen) atoms. The number of hydrogen-bond acceptors (Lipinski definition) is 6. The van der Waals surface area contributed by atoms with Crippen molar-refractivity contribution in [3.05, 3.63) is 28.7 Å². The highest BCUT2D eigenvalue weighted by Crippen LogP contribution is 2.25. The molecule has 0 aliphatic heterocycles. The summed E-state index contributed by atoms with van der Waals surface area (Å²) in [4.78, 5) is 11.8. The highest BCUT2D eigenvalue weighted by atomic mass is 79.9. The summed E-state index contributed by atoms with van der Waals surface area (Å²) in [7, 11) is 0. The lowest BCUT2D eigenvalue weighted by molar-refractivity contribution is -0.113. The van der Waals surface area contributed by atoms with E-state index in [1.54, 1.807) is 0 Å². The number of nitrogens with zero attached hydrogens (tertiary/aromatic N) is 2. The van der Waals surface area contributed by atoms with Gasteiger partial charge in [-0.3, -0.25) is 4.79 Å². The maximum Gasteiger partial charge on any atom is 0.234 e. The van der Waals surface area contributed by atoms with Gasteiger partial charge in [0.05, 0.1) is 5.75 Å². The molecule has 0 fully saturated rings. The lowest BCUT2D eigenvalue weighted by Crippen LogP contribution is -2.13. The van der Waals surface area contributed by atoms with E-state index in [1.807, 2.05) is 31.2 Å². The molecule has 0 aliphatic carbocycles. The molecule has 0 spiro atoms. The Kier molecular flexibility index (Phi) is 5.81. The number of anilines is 2. The average Bonchev–Trinajstić information content (AvgIpc) is 2.87. The van der Waals surface area contributed by atoms with E-state index in [0.29, 0.717) is 5.75 Å². The zero-order chi connectivity index (χ0) is 14.4. The molecule has 2 N–H and O–H groups in total. The van der Waals surface area contributed by atoms with Crippen LogP contribution < -0.4 is 10.6 Å². The zero-order valence-corrected chi connectivity index (χ0v) is 13.9. The van der Waals surface area contributed by atoms with Gasteiger partial charge < -0.3 is 10.6 Å². The highest BCUT2D eigenvalue weighted by Gasteiger charge is 2.08. The molecule has 0 radical (unpaired) electrons. The quantitative estimate of drug-likeness (QED) is 0.759. The van der Waals surface area contributed by atoms with Gasteiger partial charge in [-0.05, 0) is 31.2 Å². The van der Waals surface area contributed by atoms with Gasteiger partial charge in [-0.15, -0.1) is 10.2 Å². The van der Waals surface area contributed by atoms with E-state index in [9.17, 15) is 4.79 Å². The van der Waals surface area contributed by atoms with E-state index in [-0.39, 0.29) is 5.91 Å². The van der Waals surface area contributed by atoms with E-state index in [0.717, 1.165) is 26.2 Å². The number of carbonyl (C=O) groups excluding carboxylic acids is 1. The molecule has 0 unspecified atom stereocenters. The fourth-order valence-corrected chi connectivity index (χ4v) is 3.23. The zero-order valence-electron chi connectivity index (χ0n) is 10.7. The molecule has 5 nitrogen and oxygen atoms in total. The van der Waals surface area contributed by atoms with E-state index < -0.39 is 0 Å². The van der Waals surface area contributed by atoms with Crippen LogP contribution in [0.4, 0.5) is 10.8 Å². The molecular weight excluding hydrogens is 360 g/mol. The predicted molar refractivity (Wildman–Crippen MR) is 87.6 cm³/mol. The van der Waals surface area contributed by atoms with Crippen LogP contribution in [0.2, 0.25) is 0 Å². The lowest BCUT2D eigenvalue weighted by atomic mass is 10.3. The number of benzene rings is 1. The van der Waals surface area contributed by atoms with Crippen LogP contribution in [0.3, 0.4) is 0 Å². The minimum Gasteiger partial charge on any atom is -0.360 e. The topological polar surface area (TPSA) is 66.9 Å². The molecule has 2 rings (SSSR count). The van der Waals surface area contributed by atoms with Crippen molar-refractivity contribution < 1.29 is 4.79 Å². The lowest BCUT2D eigenvalue weighted by Gasteiger charge is -2.03. The second-order valence-electron chi connectivity index (χ2n) is 3.75. The third-order valence-corrected chi connectivity index (χ3v) is 4.73. The van der Waals surface area contributed by atoms with Gasteiger partial charge in [0.15, 0.2) is 4.34 Å². The van der Waals surface area contributed by atoms with Crippen molar-refractivity contribution in [3.8, 4) is 0 Å². The minimum atomic E-state index is -0.0578. The van der Waals surface area contributed by atoms with Crippen molar-refractivity contribution in [2.75, 3.05) is 22.9 Å². The van der Waals surface area contributed by atoms with Crippen molar-refractivity contribution in [1.29, 1.82) is 0 Å². The SMILES string of the molecule is CCNc1nnc(SCC(=O)Nc2ccc(Br)cc2)s1. The Hall–Kier alpha value is -1.12. The number of nitrogens with one attached hydrogen (secondary N) is 2. The van der Waals surface area contributed by atoms with Crippen molar-refractivity contribution >= 4 is 55.8 Å². The molecule has 0 saturated heterocycles. The van der Waals surface area contributed by atoms with Crippen molar-refractivity contribution in [2.45, 2.75) is 11.3 Å². The van der Waals surface area contributed by atoms with Gasteiger partial charge in [0.2, 0.25) is 11.0 Å². The van der Waals surface area contributed by atoms with Crippen LogP contribution in [0.15, 0.2) is 33.1 Å². The minimum absolute atomic E-state index is 0.0578. The van der Waals surface area contributed by atoms with E-state index >= 15 is 0 Å². The Morgan fingerprint density at radius 3 is 2.80 bits per heavy atom. The molecule has 0 saturated carbocycles. The Labute approximate surface area is 133 Å². The third kappa shape index (κ3) is 4.77. The number of amides is 1. The molecule has 106 valence electrons. The molecule has 1 aromatic heterocycles. The number of halogens is 1. The van der Waals surface area contributed by atoms with Crippen LogP contribution in [0.5, 0.6) is 0 Å². The van der Waals surface area contributed by atoms with Crippen LogP contribution in [-0.4, -0.2) is 28.4 Å². The highest BCUT2D eigenvalue weighted by molar-refractivity contribution is 9.10. The maximum absolute atomic E-state index is 11.8. The second kappa shape index (κ2) is 7.61. The fourth-order valence-electron chi connectivity index (χ4n) is 1.35. The summed E-state index contributed by atoms with van der Waals surface area (Å²) in [5.41, 5.74) is 0.782. The summed E-state index contributed by atoms with van der Waals surface area (Å²) in [5.74, 6) is 0.258. The van der Waals surface area contributed by atoms with Crippen LogP contribution in [-0.2, 0) is 4.79 Å². The number of carbonyl (C=O) groups is 1. The third-order valence-electron chi connectivity index (χ3n) is 2.19. The first kappa shape index (κ1) is 15.3. The number of hydrogen-bond donors (Lipinski definition) is 2. The molecule has 1 aromatic carbocycles. The molecule has 1 heterocycles. The standard InChI is InChI=1S/C12H13BrN4OS2/c1-2-14-11-16-17-12(20-11)19-7-10(18)15-9-5-3-8(13)4-6-9/h3-6H,2,7H2,1H3,(H,14,16)(H,15,18). The average molecular weight is 373 g/mol. The predicted octanol–water partition coefficient (Wildman–Crippen LogP) is 3.46. The van der Waals surface area contributed by atoms with E-state index in [2.05, 4.69) is 36.8 Å². The first-order valence-electron chi connectivity index (χ1n) is 5.93. The Balaban J connectivity index is 1.80. The van der Waals surface area contributed by atoms with Crippen molar-refractivity contribution in [3.63, 3.8) is 0 Å². The summed E-state index contributed by atoms with van der Waals surface area (Å²) in [6.07, 6.45) is 0. The van der Waals surface area contributed by atoms with Crippen LogP contribution >= 0.6 is 39.0 Å². The fraction of sp³-hybridized carbons (Fsp3) is 0.250. The maximum atomic E-state index is 11.8. The summed E-state index contributed by atoms with van der Waals surface area (Å²) in [5, 5.41) is 14.7. The summed E-state index contributed by atoms with van der Waals surface area (Å²) >= 11 is 6.18. The van der Waals surface area contributed by atoms with Gasteiger partial charge in [0.25, 0.3) is 0 Å². The Morgan fingerprint density at radius 1 is 1.35 bits per heavy atom.